The van der Waals surface area contributed by atoms with Gasteiger partial charge in [0.15, 0.2) is 11.5 Å². The number of amides is 2. The van der Waals surface area contributed by atoms with Crippen LogP contribution in [0.25, 0.3) is 0 Å². The maximum absolute atomic E-state index is 11.8. The van der Waals surface area contributed by atoms with E-state index in [1.165, 1.54) is 6.21 Å². The number of carbonyl (C=O) groups excluding carboxylic acids is 1. The lowest BCUT2D eigenvalue weighted by Crippen LogP contribution is -2.24. The van der Waals surface area contributed by atoms with E-state index in [2.05, 4.69) is 31.8 Å². The summed E-state index contributed by atoms with van der Waals surface area (Å²) >= 11 is 9.27. The van der Waals surface area contributed by atoms with E-state index in [4.69, 9.17) is 21.1 Å². The SMILES string of the molecule is CCOc1cc(/C=N\NC(=O)Nc2ccc(Cl)cc2)cc(Br)c1OCC. The van der Waals surface area contributed by atoms with E-state index < -0.39 is 6.03 Å². The van der Waals surface area contributed by atoms with Gasteiger partial charge >= 0.3 is 6.03 Å². The molecule has 0 aliphatic heterocycles. The van der Waals surface area contributed by atoms with Gasteiger partial charge in [-0.2, -0.15) is 5.10 Å². The molecule has 2 aromatic rings. The zero-order valence-electron chi connectivity index (χ0n) is 14.4. The van der Waals surface area contributed by atoms with Gasteiger partial charge in [0.1, 0.15) is 0 Å². The number of benzene rings is 2. The lowest BCUT2D eigenvalue weighted by Gasteiger charge is -2.13. The molecule has 0 saturated heterocycles. The van der Waals surface area contributed by atoms with Crippen molar-refractivity contribution in [2.24, 2.45) is 5.10 Å². The minimum atomic E-state index is -0.460. The summed E-state index contributed by atoms with van der Waals surface area (Å²) in [5, 5.41) is 7.19. The first-order chi connectivity index (χ1) is 12.5. The number of halogens is 2. The summed E-state index contributed by atoms with van der Waals surface area (Å²) < 4.78 is 11.9. The first-order valence-corrected chi connectivity index (χ1v) is 9.15. The Morgan fingerprint density at radius 1 is 1.19 bits per heavy atom. The predicted octanol–water partition coefficient (Wildman–Crippen LogP) is 5.06. The molecule has 2 N–H and O–H groups in total. The number of hydrogen-bond donors (Lipinski definition) is 2. The van der Waals surface area contributed by atoms with E-state index in [0.29, 0.717) is 35.4 Å². The molecule has 6 nitrogen and oxygen atoms in total. The molecule has 0 aromatic heterocycles. The second-order valence-corrected chi connectivity index (χ2v) is 6.32. The van der Waals surface area contributed by atoms with E-state index in [9.17, 15) is 4.79 Å². The van der Waals surface area contributed by atoms with Crippen molar-refractivity contribution in [3.05, 3.63) is 51.5 Å². The molecule has 138 valence electrons. The molecule has 26 heavy (non-hydrogen) atoms. The van der Waals surface area contributed by atoms with Crippen LogP contribution in [-0.4, -0.2) is 25.5 Å². The molecule has 0 aliphatic carbocycles. The summed E-state index contributed by atoms with van der Waals surface area (Å²) in [6.45, 7) is 4.83. The van der Waals surface area contributed by atoms with Crippen molar-refractivity contribution in [3.8, 4) is 11.5 Å². The highest BCUT2D eigenvalue weighted by Gasteiger charge is 2.11. The Hall–Kier alpha value is -2.25. The number of rotatable bonds is 7. The molecule has 2 aromatic carbocycles. The van der Waals surface area contributed by atoms with Crippen LogP contribution in [0.15, 0.2) is 46.0 Å². The molecular weight excluding hydrogens is 422 g/mol. The third kappa shape index (κ3) is 5.93. The lowest BCUT2D eigenvalue weighted by atomic mass is 10.2. The van der Waals surface area contributed by atoms with Crippen molar-refractivity contribution < 1.29 is 14.3 Å². The summed E-state index contributed by atoms with van der Waals surface area (Å²) in [6.07, 6.45) is 1.52. The highest BCUT2D eigenvalue weighted by atomic mass is 79.9. The Kier molecular flexibility index (Phi) is 7.74. The average Bonchev–Trinajstić information content (AvgIpc) is 2.60. The monoisotopic (exact) mass is 439 g/mol. The molecule has 0 spiro atoms. The van der Waals surface area contributed by atoms with Gasteiger partial charge in [-0.3, -0.25) is 0 Å². The molecule has 0 radical (unpaired) electrons. The smallest absolute Gasteiger partial charge is 0.339 e. The number of nitrogens with one attached hydrogen (secondary N) is 2. The van der Waals surface area contributed by atoms with Gasteiger partial charge in [0.25, 0.3) is 0 Å². The van der Waals surface area contributed by atoms with Gasteiger partial charge in [0.2, 0.25) is 0 Å². The molecule has 0 saturated carbocycles. The number of carbonyl (C=O) groups is 1. The number of anilines is 1. The average molecular weight is 441 g/mol. The van der Waals surface area contributed by atoms with Crippen molar-refractivity contribution >= 4 is 45.5 Å². The van der Waals surface area contributed by atoms with Gasteiger partial charge < -0.3 is 14.8 Å². The van der Waals surface area contributed by atoms with Crippen molar-refractivity contribution in [1.29, 1.82) is 0 Å². The second-order valence-electron chi connectivity index (χ2n) is 5.03. The maximum Gasteiger partial charge on any atom is 0.339 e. The topological polar surface area (TPSA) is 72.0 Å². The van der Waals surface area contributed by atoms with E-state index in [1.807, 2.05) is 19.9 Å². The molecule has 8 heteroatoms. The van der Waals surface area contributed by atoms with Crippen molar-refractivity contribution in [3.63, 3.8) is 0 Å². The highest BCUT2D eigenvalue weighted by Crippen LogP contribution is 2.36. The Balaban J connectivity index is 2.02. The summed E-state index contributed by atoms with van der Waals surface area (Å²) in [7, 11) is 0. The fourth-order valence-corrected chi connectivity index (χ4v) is 2.77. The van der Waals surface area contributed by atoms with Crippen LogP contribution in [0.1, 0.15) is 19.4 Å². The van der Waals surface area contributed by atoms with Crippen LogP contribution in [0, 0.1) is 0 Å². The van der Waals surface area contributed by atoms with E-state index in [-0.39, 0.29) is 0 Å². The third-order valence-corrected chi connectivity index (χ3v) is 3.94. The Morgan fingerprint density at radius 3 is 2.54 bits per heavy atom. The summed E-state index contributed by atoms with van der Waals surface area (Å²) in [4.78, 5) is 11.8. The van der Waals surface area contributed by atoms with Crippen LogP contribution in [0.5, 0.6) is 11.5 Å². The van der Waals surface area contributed by atoms with Crippen LogP contribution in [-0.2, 0) is 0 Å². The van der Waals surface area contributed by atoms with Gasteiger partial charge in [-0.05, 0) is 71.7 Å². The van der Waals surface area contributed by atoms with Crippen LogP contribution in [0.3, 0.4) is 0 Å². The van der Waals surface area contributed by atoms with Crippen LogP contribution in [0.2, 0.25) is 5.02 Å². The van der Waals surface area contributed by atoms with Crippen LogP contribution in [0.4, 0.5) is 10.5 Å². The standard InChI is InChI=1S/C18H19BrClN3O3/c1-3-25-16-10-12(9-15(19)17(16)26-4-2)11-21-23-18(24)22-14-7-5-13(20)6-8-14/h5-11H,3-4H2,1-2H3,(H2,22,23,24)/b21-11-. The first kappa shape index (κ1) is 20.1. The summed E-state index contributed by atoms with van der Waals surface area (Å²) in [6, 6.07) is 9.93. The Morgan fingerprint density at radius 2 is 1.88 bits per heavy atom. The van der Waals surface area contributed by atoms with E-state index >= 15 is 0 Å². The number of nitrogens with zero attached hydrogens (tertiary/aromatic N) is 1. The molecule has 2 rings (SSSR count). The quantitative estimate of drug-likeness (QED) is 0.467. The van der Waals surface area contributed by atoms with Gasteiger partial charge in [-0.1, -0.05) is 11.6 Å². The van der Waals surface area contributed by atoms with Crippen molar-refractivity contribution in [1.82, 2.24) is 5.43 Å². The van der Waals surface area contributed by atoms with Gasteiger partial charge in [0, 0.05) is 10.7 Å². The van der Waals surface area contributed by atoms with Crippen molar-refractivity contribution in [2.45, 2.75) is 13.8 Å². The molecule has 0 bridgehead atoms. The molecule has 0 heterocycles. The number of hydrazone groups is 1. The van der Waals surface area contributed by atoms with Gasteiger partial charge in [-0.25, -0.2) is 10.2 Å². The highest BCUT2D eigenvalue weighted by molar-refractivity contribution is 9.10. The predicted molar refractivity (Wildman–Crippen MR) is 108 cm³/mol. The van der Waals surface area contributed by atoms with Crippen molar-refractivity contribution in [2.75, 3.05) is 18.5 Å². The van der Waals surface area contributed by atoms with E-state index in [0.717, 1.165) is 10.0 Å². The molecular formula is C18H19BrClN3O3. The molecule has 2 amide bonds. The molecule has 0 atom stereocenters. The Labute approximate surface area is 165 Å². The zero-order valence-corrected chi connectivity index (χ0v) is 16.7. The normalized spacial score (nSPS) is 10.6. The van der Waals surface area contributed by atoms with Crippen LogP contribution < -0.4 is 20.2 Å². The lowest BCUT2D eigenvalue weighted by molar-refractivity contribution is 0.252. The largest absolute Gasteiger partial charge is 0.490 e. The summed E-state index contributed by atoms with van der Waals surface area (Å²) in [5.41, 5.74) is 3.77. The van der Waals surface area contributed by atoms with E-state index in [1.54, 1.807) is 30.3 Å². The molecule has 0 unspecified atom stereocenters. The fraction of sp³-hybridized carbons (Fsp3) is 0.222. The zero-order chi connectivity index (χ0) is 18.9. The first-order valence-electron chi connectivity index (χ1n) is 7.98. The Bertz CT molecular complexity index is 782. The molecule has 0 aliphatic rings. The number of urea groups is 1. The second kappa shape index (κ2) is 10.0. The summed E-state index contributed by atoms with van der Waals surface area (Å²) in [5.74, 6) is 1.25. The maximum atomic E-state index is 11.8. The third-order valence-electron chi connectivity index (χ3n) is 3.10. The minimum absolute atomic E-state index is 0.460. The minimum Gasteiger partial charge on any atom is -0.490 e. The van der Waals surface area contributed by atoms with Gasteiger partial charge in [-0.15, -0.1) is 0 Å². The van der Waals surface area contributed by atoms with Gasteiger partial charge in [0.05, 0.1) is 23.9 Å². The van der Waals surface area contributed by atoms with Crippen LogP contribution >= 0.6 is 27.5 Å². The molecule has 0 fully saturated rings. The number of ether oxygens (including phenoxy) is 2. The fourth-order valence-electron chi connectivity index (χ4n) is 2.07. The number of hydrogen-bond acceptors (Lipinski definition) is 4.